The van der Waals surface area contributed by atoms with Gasteiger partial charge < -0.3 is 10.2 Å². The van der Waals surface area contributed by atoms with Crippen molar-refractivity contribution in [2.75, 3.05) is 26.7 Å². The number of benzene rings is 1. The van der Waals surface area contributed by atoms with Crippen molar-refractivity contribution < 1.29 is 9.18 Å². The summed E-state index contributed by atoms with van der Waals surface area (Å²) in [5, 5.41) is 3.47. The van der Waals surface area contributed by atoms with E-state index in [4.69, 9.17) is 11.6 Å². The van der Waals surface area contributed by atoms with Gasteiger partial charge in [-0.25, -0.2) is 4.39 Å². The molecule has 0 saturated carbocycles. The van der Waals surface area contributed by atoms with Crippen molar-refractivity contribution in [2.45, 2.75) is 19.3 Å². The van der Waals surface area contributed by atoms with Gasteiger partial charge in [-0.1, -0.05) is 17.7 Å². The van der Waals surface area contributed by atoms with E-state index >= 15 is 0 Å². The molecule has 1 saturated heterocycles. The van der Waals surface area contributed by atoms with Crippen LogP contribution in [0.5, 0.6) is 0 Å². The highest BCUT2D eigenvalue weighted by molar-refractivity contribution is 6.31. The number of hydrogen-bond acceptors (Lipinski definition) is 2. The van der Waals surface area contributed by atoms with E-state index in [1.54, 1.807) is 12.1 Å². The van der Waals surface area contributed by atoms with Crippen LogP contribution in [0.25, 0.3) is 0 Å². The minimum absolute atomic E-state index is 0.0395. The van der Waals surface area contributed by atoms with Crippen LogP contribution in [0, 0.1) is 11.7 Å². The number of carbonyl (C=O) groups is 1. The zero-order chi connectivity index (χ0) is 14.5. The zero-order valence-corrected chi connectivity index (χ0v) is 12.4. The number of hydrogen-bond donors (Lipinski definition) is 1. The van der Waals surface area contributed by atoms with Gasteiger partial charge in [-0.3, -0.25) is 4.79 Å². The fourth-order valence-corrected chi connectivity index (χ4v) is 2.94. The highest BCUT2D eigenvalue weighted by atomic mass is 35.5. The van der Waals surface area contributed by atoms with Gasteiger partial charge in [-0.15, -0.1) is 0 Å². The summed E-state index contributed by atoms with van der Waals surface area (Å²) in [4.78, 5) is 14.1. The Balaban J connectivity index is 2.01. The lowest BCUT2D eigenvalue weighted by Gasteiger charge is -2.33. The molecule has 1 atom stereocenters. The Bertz CT molecular complexity index is 459. The van der Waals surface area contributed by atoms with Crippen LogP contribution in [0.15, 0.2) is 18.2 Å². The average molecular weight is 299 g/mol. The summed E-state index contributed by atoms with van der Waals surface area (Å²) in [6, 6.07) is 4.51. The molecule has 1 aromatic rings. The first kappa shape index (κ1) is 15.3. The van der Waals surface area contributed by atoms with E-state index in [1.807, 2.05) is 11.9 Å². The normalized spacial score (nSPS) is 19.1. The molecule has 0 bridgehead atoms. The Morgan fingerprint density at radius 3 is 3.05 bits per heavy atom. The van der Waals surface area contributed by atoms with E-state index in [1.165, 1.54) is 6.07 Å². The van der Waals surface area contributed by atoms with Crippen molar-refractivity contribution in [1.29, 1.82) is 0 Å². The Morgan fingerprint density at radius 1 is 1.55 bits per heavy atom. The van der Waals surface area contributed by atoms with E-state index in [9.17, 15) is 9.18 Å². The van der Waals surface area contributed by atoms with E-state index in [2.05, 4.69) is 5.32 Å². The van der Waals surface area contributed by atoms with Crippen LogP contribution in [0.2, 0.25) is 5.02 Å². The molecule has 20 heavy (non-hydrogen) atoms. The summed E-state index contributed by atoms with van der Waals surface area (Å²) in [7, 11) is 1.92. The first-order valence-electron chi connectivity index (χ1n) is 6.97. The molecule has 1 amide bonds. The van der Waals surface area contributed by atoms with Crippen molar-refractivity contribution in [3.05, 3.63) is 34.6 Å². The number of nitrogens with one attached hydrogen (secondary N) is 1. The van der Waals surface area contributed by atoms with Gasteiger partial charge >= 0.3 is 0 Å². The Kier molecular flexibility index (Phi) is 5.38. The lowest BCUT2D eigenvalue weighted by Crippen LogP contribution is -2.43. The number of amides is 1. The molecule has 1 aromatic carbocycles. The van der Waals surface area contributed by atoms with Crippen LogP contribution in [-0.2, 0) is 11.2 Å². The molecular formula is C15H20ClFN2O. The molecule has 1 unspecified atom stereocenters. The van der Waals surface area contributed by atoms with E-state index in [-0.39, 0.29) is 12.3 Å². The standard InChI is InChI=1S/C15H20ClFN2O/c1-18-9-11-4-3-7-19(10-11)15(20)8-12-13(16)5-2-6-14(12)17/h2,5-6,11,18H,3-4,7-10H2,1H3. The fourth-order valence-electron chi connectivity index (χ4n) is 2.71. The van der Waals surface area contributed by atoms with Gasteiger partial charge in [0.15, 0.2) is 0 Å². The van der Waals surface area contributed by atoms with Crippen molar-refractivity contribution in [2.24, 2.45) is 5.92 Å². The topological polar surface area (TPSA) is 32.3 Å². The van der Waals surface area contributed by atoms with Gasteiger partial charge in [-0.05, 0) is 44.5 Å². The number of carbonyl (C=O) groups excluding carboxylic acids is 1. The molecule has 1 aliphatic heterocycles. The van der Waals surface area contributed by atoms with E-state index < -0.39 is 5.82 Å². The van der Waals surface area contributed by atoms with Crippen molar-refractivity contribution in [1.82, 2.24) is 10.2 Å². The first-order chi connectivity index (χ1) is 9.61. The van der Waals surface area contributed by atoms with Crippen LogP contribution in [0.4, 0.5) is 4.39 Å². The lowest BCUT2D eigenvalue weighted by atomic mass is 9.97. The molecule has 5 heteroatoms. The number of piperidine rings is 1. The highest BCUT2D eigenvalue weighted by Crippen LogP contribution is 2.22. The second kappa shape index (κ2) is 7.04. The van der Waals surface area contributed by atoms with Gasteiger partial charge in [0.05, 0.1) is 6.42 Å². The smallest absolute Gasteiger partial charge is 0.227 e. The minimum atomic E-state index is -0.408. The maximum atomic E-state index is 13.7. The SMILES string of the molecule is CNCC1CCCN(C(=O)Cc2c(F)cccc2Cl)C1. The van der Waals surface area contributed by atoms with Crippen molar-refractivity contribution in [3.8, 4) is 0 Å². The van der Waals surface area contributed by atoms with Gasteiger partial charge in [0.1, 0.15) is 5.82 Å². The summed E-state index contributed by atoms with van der Waals surface area (Å²) in [6.07, 6.45) is 2.17. The van der Waals surface area contributed by atoms with Crippen LogP contribution >= 0.6 is 11.6 Å². The predicted molar refractivity (Wildman–Crippen MR) is 78.3 cm³/mol. The Hall–Kier alpha value is -1.13. The second-order valence-electron chi connectivity index (χ2n) is 5.28. The maximum Gasteiger partial charge on any atom is 0.227 e. The monoisotopic (exact) mass is 298 g/mol. The number of likely N-dealkylation sites (tertiary alicyclic amines) is 1. The van der Waals surface area contributed by atoms with Gasteiger partial charge in [0, 0.05) is 23.7 Å². The first-order valence-corrected chi connectivity index (χ1v) is 7.35. The molecule has 0 radical (unpaired) electrons. The van der Waals surface area contributed by atoms with Crippen molar-refractivity contribution >= 4 is 17.5 Å². The molecule has 1 fully saturated rings. The fraction of sp³-hybridized carbons (Fsp3) is 0.533. The summed E-state index contributed by atoms with van der Waals surface area (Å²) < 4.78 is 13.7. The number of nitrogens with zero attached hydrogens (tertiary/aromatic N) is 1. The van der Waals surface area contributed by atoms with Crippen molar-refractivity contribution in [3.63, 3.8) is 0 Å². The van der Waals surface area contributed by atoms with Gasteiger partial charge in [0.2, 0.25) is 5.91 Å². The third-order valence-electron chi connectivity index (χ3n) is 3.75. The van der Waals surface area contributed by atoms with Crippen LogP contribution in [0.1, 0.15) is 18.4 Å². The predicted octanol–water partition coefficient (Wildman–Crippen LogP) is 2.48. The Morgan fingerprint density at radius 2 is 2.35 bits per heavy atom. The van der Waals surface area contributed by atoms with E-state index in [0.29, 0.717) is 16.5 Å². The molecular weight excluding hydrogens is 279 g/mol. The molecule has 110 valence electrons. The van der Waals surface area contributed by atoms with Crippen LogP contribution < -0.4 is 5.32 Å². The molecule has 0 spiro atoms. The highest BCUT2D eigenvalue weighted by Gasteiger charge is 2.24. The molecule has 1 N–H and O–H groups in total. The summed E-state index contributed by atoms with van der Waals surface area (Å²) in [5.41, 5.74) is 0.301. The Labute approximate surface area is 124 Å². The van der Waals surface area contributed by atoms with Gasteiger partial charge in [0.25, 0.3) is 0 Å². The molecule has 1 aliphatic rings. The summed E-state index contributed by atoms with van der Waals surface area (Å²) in [5.74, 6) is 0.0289. The lowest BCUT2D eigenvalue weighted by molar-refractivity contribution is -0.132. The third-order valence-corrected chi connectivity index (χ3v) is 4.11. The van der Waals surface area contributed by atoms with E-state index in [0.717, 1.165) is 32.5 Å². The van der Waals surface area contributed by atoms with Crippen LogP contribution in [-0.4, -0.2) is 37.5 Å². The quantitative estimate of drug-likeness (QED) is 0.926. The molecule has 3 nitrogen and oxygen atoms in total. The minimum Gasteiger partial charge on any atom is -0.342 e. The second-order valence-corrected chi connectivity index (χ2v) is 5.69. The maximum absolute atomic E-state index is 13.7. The average Bonchev–Trinajstić information content (AvgIpc) is 2.43. The molecule has 1 heterocycles. The molecule has 2 rings (SSSR count). The third kappa shape index (κ3) is 3.70. The summed E-state index contributed by atoms with van der Waals surface area (Å²) >= 11 is 5.97. The summed E-state index contributed by atoms with van der Waals surface area (Å²) in [6.45, 7) is 2.40. The molecule has 0 aromatic heterocycles. The van der Waals surface area contributed by atoms with Crippen LogP contribution in [0.3, 0.4) is 0 Å². The number of rotatable bonds is 4. The zero-order valence-electron chi connectivity index (χ0n) is 11.7. The number of halogens is 2. The largest absolute Gasteiger partial charge is 0.342 e. The van der Waals surface area contributed by atoms with Gasteiger partial charge in [-0.2, -0.15) is 0 Å². The molecule has 0 aliphatic carbocycles.